The maximum atomic E-state index is 13.8. The van der Waals surface area contributed by atoms with Gasteiger partial charge in [0.1, 0.15) is 17.6 Å². The molecule has 1 spiro atoms. The summed E-state index contributed by atoms with van der Waals surface area (Å²) in [5, 5.41) is 9.41. The maximum Gasteiger partial charge on any atom is 0.313 e. The molecule has 2 saturated heterocycles. The lowest BCUT2D eigenvalue weighted by Crippen LogP contribution is -2.57. The largest absolute Gasteiger partial charge is 0.465 e. The molecule has 4 heterocycles. The Balaban J connectivity index is 1.85. The summed E-state index contributed by atoms with van der Waals surface area (Å²) in [5.74, 6) is -2.65. The second-order valence-electron chi connectivity index (χ2n) is 9.66. The molecule has 0 aromatic heterocycles. The quantitative estimate of drug-likeness (QED) is 0.518. The average molecular weight is 447 g/mol. The lowest BCUT2D eigenvalue weighted by atomic mass is 9.74. The molecule has 0 radical (unpaired) electrons. The van der Waals surface area contributed by atoms with E-state index in [-0.39, 0.29) is 31.0 Å². The van der Waals surface area contributed by atoms with Crippen molar-refractivity contribution in [3.05, 3.63) is 24.3 Å². The molecular weight excluding hydrogens is 412 g/mol. The van der Waals surface area contributed by atoms with Gasteiger partial charge < -0.3 is 24.4 Å². The van der Waals surface area contributed by atoms with Crippen molar-refractivity contribution in [1.29, 1.82) is 0 Å². The lowest BCUT2D eigenvalue weighted by Gasteiger charge is -2.38. The van der Waals surface area contributed by atoms with Gasteiger partial charge >= 0.3 is 5.97 Å². The smallest absolute Gasteiger partial charge is 0.313 e. The highest BCUT2D eigenvalue weighted by Gasteiger charge is 2.74. The number of carbonyl (C=O) groups excluding carboxylic acids is 3. The molecule has 1 unspecified atom stereocenters. The summed E-state index contributed by atoms with van der Waals surface area (Å²) in [6.07, 6.45) is 10.4. The number of rotatable bonds is 4. The number of likely N-dealkylation sites (tertiary alicyclic amines) is 1. The number of carbonyl (C=O) groups is 3. The van der Waals surface area contributed by atoms with Gasteiger partial charge in [0.05, 0.1) is 18.1 Å². The molecule has 4 aliphatic rings. The van der Waals surface area contributed by atoms with Crippen molar-refractivity contribution in [3.8, 4) is 0 Å². The molecule has 2 amide bonds. The molecule has 0 bridgehead atoms. The highest BCUT2D eigenvalue weighted by Crippen LogP contribution is 2.57. The predicted octanol–water partition coefficient (Wildman–Crippen LogP) is 1.43. The minimum Gasteiger partial charge on any atom is -0.465 e. The number of ether oxygens (including phenoxy) is 2. The number of aliphatic hydroxyl groups excluding tert-OH is 1. The third-order valence-corrected chi connectivity index (χ3v) is 7.21. The first-order valence-electron chi connectivity index (χ1n) is 11.7. The Hall–Kier alpha value is -2.19. The Kier molecular flexibility index (Phi) is 6.20. The fourth-order valence-electron chi connectivity index (χ4n) is 5.76. The van der Waals surface area contributed by atoms with Crippen LogP contribution in [0.4, 0.5) is 0 Å². The normalized spacial score (nSPS) is 38.3. The standard InChI is InChI=1S/C24H34N2O6/c1-16(2)25-12-8-11-24-17(20(28)26(13-9-14-27)19(24)21(25)29)18-22(30)31-15-7-5-4-6-10-23(18,3)32-24/h6,8,10-11,16-19,27H,4-5,7,9,12-15H2,1-3H3/b10-6-/t17-,18-,19?,23+,24-/m0/s1. The summed E-state index contributed by atoms with van der Waals surface area (Å²) in [6, 6.07) is -0.943. The molecule has 0 aliphatic carbocycles. The molecule has 4 aliphatic heterocycles. The Morgan fingerprint density at radius 2 is 1.91 bits per heavy atom. The maximum absolute atomic E-state index is 13.8. The first kappa shape index (κ1) is 23.0. The molecule has 32 heavy (non-hydrogen) atoms. The predicted molar refractivity (Wildman–Crippen MR) is 116 cm³/mol. The minimum absolute atomic E-state index is 0.0568. The van der Waals surface area contributed by atoms with Crippen LogP contribution in [0.1, 0.15) is 46.5 Å². The molecule has 2 fully saturated rings. The van der Waals surface area contributed by atoms with E-state index >= 15 is 0 Å². The van der Waals surface area contributed by atoms with E-state index in [1.165, 1.54) is 4.90 Å². The van der Waals surface area contributed by atoms with Crippen molar-refractivity contribution in [2.75, 3.05) is 26.3 Å². The summed E-state index contributed by atoms with van der Waals surface area (Å²) in [4.78, 5) is 44.1. The van der Waals surface area contributed by atoms with E-state index in [0.717, 1.165) is 19.3 Å². The van der Waals surface area contributed by atoms with E-state index in [4.69, 9.17) is 9.47 Å². The highest BCUT2D eigenvalue weighted by molar-refractivity contribution is 5.99. The van der Waals surface area contributed by atoms with Gasteiger partial charge in [0.25, 0.3) is 0 Å². The highest BCUT2D eigenvalue weighted by atomic mass is 16.6. The molecule has 1 N–H and O–H groups in total. The van der Waals surface area contributed by atoms with Crippen molar-refractivity contribution in [2.45, 2.75) is 69.7 Å². The SMILES string of the molecule is CC(C)N1CC=C[C@]23O[C@]4(C)/C=C\CCCCOC(=O)[C@@H]4[C@H]2C(=O)N(CCCO)C3C1=O. The second-order valence-corrected chi connectivity index (χ2v) is 9.66. The van der Waals surface area contributed by atoms with Gasteiger partial charge in [0.15, 0.2) is 0 Å². The van der Waals surface area contributed by atoms with Crippen LogP contribution in [-0.4, -0.2) is 82.3 Å². The van der Waals surface area contributed by atoms with Crippen LogP contribution in [0.2, 0.25) is 0 Å². The van der Waals surface area contributed by atoms with Crippen molar-refractivity contribution in [3.63, 3.8) is 0 Å². The molecule has 8 heteroatoms. The van der Waals surface area contributed by atoms with E-state index in [1.807, 2.05) is 45.1 Å². The van der Waals surface area contributed by atoms with Crippen LogP contribution < -0.4 is 0 Å². The first-order valence-corrected chi connectivity index (χ1v) is 11.7. The zero-order valence-corrected chi connectivity index (χ0v) is 19.2. The number of allylic oxidation sites excluding steroid dienone is 1. The van der Waals surface area contributed by atoms with E-state index in [1.54, 1.807) is 4.90 Å². The average Bonchev–Trinajstić information content (AvgIpc) is 3.06. The van der Waals surface area contributed by atoms with Gasteiger partial charge in [-0.2, -0.15) is 0 Å². The van der Waals surface area contributed by atoms with Crippen molar-refractivity contribution in [2.24, 2.45) is 11.8 Å². The van der Waals surface area contributed by atoms with Crippen LogP contribution >= 0.6 is 0 Å². The van der Waals surface area contributed by atoms with Gasteiger partial charge in [0, 0.05) is 25.7 Å². The Morgan fingerprint density at radius 1 is 1.12 bits per heavy atom. The Bertz CT molecular complexity index is 838. The van der Waals surface area contributed by atoms with E-state index < -0.39 is 35.0 Å². The fourth-order valence-corrected chi connectivity index (χ4v) is 5.76. The summed E-state index contributed by atoms with van der Waals surface area (Å²) in [6.45, 7) is 6.54. The summed E-state index contributed by atoms with van der Waals surface area (Å²) >= 11 is 0. The summed E-state index contributed by atoms with van der Waals surface area (Å²) in [5.41, 5.74) is -2.32. The van der Waals surface area contributed by atoms with Crippen molar-refractivity contribution in [1.82, 2.24) is 9.80 Å². The summed E-state index contributed by atoms with van der Waals surface area (Å²) in [7, 11) is 0. The molecule has 5 atom stereocenters. The molecule has 0 aromatic rings. The van der Waals surface area contributed by atoms with Crippen molar-refractivity contribution < 1.29 is 29.0 Å². The Morgan fingerprint density at radius 3 is 2.62 bits per heavy atom. The number of hydrogen-bond donors (Lipinski definition) is 1. The third kappa shape index (κ3) is 3.48. The van der Waals surface area contributed by atoms with Gasteiger partial charge in [0.2, 0.25) is 11.8 Å². The van der Waals surface area contributed by atoms with Crippen LogP contribution in [0.5, 0.6) is 0 Å². The third-order valence-electron chi connectivity index (χ3n) is 7.21. The zero-order chi connectivity index (χ0) is 23.1. The number of nitrogens with zero attached hydrogens (tertiary/aromatic N) is 2. The van der Waals surface area contributed by atoms with Crippen LogP contribution in [0, 0.1) is 11.8 Å². The van der Waals surface area contributed by atoms with Crippen molar-refractivity contribution >= 4 is 17.8 Å². The number of amides is 2. The van der Waals surface area contributed by atoms with Gasteiger partial charge in [-0.15, -0.1) is 0 Å². The van der Waals surface area contributed by atoms with Gasteiger partial charge in [-0.05, 0) is 46.5 Å². The number of aliphatic hydroxyl groups is 1. The van der Waals surface area contributed by atoms with E-state index in [2.05, 4.69) is 0 Å². The molecule has 0 saturated carbocycles. The van der Waals surface area contributed by atoms with Crippen LogP contribution in [-0.2, 0) is 23.9 Å². The number of hydrogen-bond acceptors (Lipinski definition) is 6. The minimum atomic E-state index is -1.26. The topological polar surface area (TPSA) is 96.4 Å². The second kappa shape index (κ2) is 8.63. The number of fused-ring (bicyclic) bond motifs is 2. The van der Waals surface area contributed by atoms with Gasteiger partial charge in [-0.3, -0.25) is 14.4 Å². The van der Waals surface area contributed by atoms with E-state index in [9.17, 15) is 19.5 Å². The zero-order valence-electron chi connectivity index (χ0n) is 19.2. The van der Waals surface area contributed by atoms with Crippen LogP contribution in [0.3, 0.4) is 0 Å². The monoisotopic (exact) mass is 446 g/mol. The number of esters is 1. The summed E-state index contributed by atoms with van der Waals surface area (Å²) < 4.78 is 12.3. The van der Waals surface area contributed by atoms with E-state index in [0.29, 0.717) is 19.6 Å². The molecule has 176 valence electrons. The number of cyclic esters (lactones) is 1. The van der Waals surface area contributed by atoms with Crippen LogP contribution in [0.25, 0.3) is 0 Å². The van der Waals surface area contributed by atoms with Gasteiger partial charge in [-0.1, -0.05) is 24.3 Å². The Labute approximate surface area is 189 Å². The first-order chi connectivity index (χ1) is 15.3. The molecular formula is C24H34N2O6. The molecule has 8 nitrogen and oxygen atoms in total. The molecule has 4 rings (SSSR count). The fraction of sp³-hybridized carbons (Fsp3) is 0.708. The molecule has 0 aromatic carbocycles. The van der Waals surface area contributed by atoms with Crippen LogP contribution in [0.15, 0.2) is 24.3 Å². The van der Waals surface area contributed by atoms with Gasteiger partial charge in [-0.25, -0.2) is 0 Å². The lowest BCUT2D eigenvalue weighted by molar-refractivity contribution is -0.160.